The molecule has 1 aliphatic carbocycles. The maximum Gasteiger partial charge on any atom is 0.320 e. The van der Waals surface area contributed by atoms with E-state index in [-0.39, 0.29) is 11.6 Å². The number of carbonyl (C=O) groups is 1. The Labute approximate surface area is 126 Å². The van der Waals surface area contributed by atoms with Crippen LogP contribution in [0.2, 0.25) is 0 Å². The van der Waals surface area contributed by atoms with E-state index in [1.165, 1.54) is 19.3 Å². The highest BCUT2D eigenvalue weighted by Crippen LogP contribution is 2.18. The zero-order valence-corrected chi connectivity index (χ0v) is 13.2. The van der Waals surface area contributed by atoms with E-state index in [9.17, 15) is 4.79 Å². The predicted molar refractivity (Wildman–Crippen MR) is 86.6 cm³/mol. The van der Waals surface area contributed by atoms with E-state index in [1.54, 1.807) is 6.20 Å². The van der Waals surface area contributed by atoms with Gasteiger partial charge in [0, 0.05) is 11.6 Å². The molecule has 0 unspecified atom stereocenters. The molecule has 0 saturated heterocycles. The van der Waals surface area contributed by atoms with Crippen LogP contribution in [0.1, 0.15) is 52.9 Å². The second-order valence-corrected chi connectivity index (χ2v) is 6.74. The molecular formula is C16H26N4O. The van der Waals surface area contributed by atoms with Crippen molar-refractivity contribution in [1.29, 1.82) is 0 Å². The summed E-state index contributed by atoms with van der Waals surface area (Å²) in [5.41, 5.74) is 0.940. The number of urea groups is 1. The summed E-state index contributed by atoms with van der Waals surface area (Å²) in [4.78, 5) is 16.2. The second-order valence-electron chi connectivity index (χ2n) is 6.74. The number of nitrogens with one attached hydrogen (secondary N) is 3. The molecule has 1 aromatic rings. The Kier molecular flexibility index (Phi) is 5.04. The van der Waals surface area contributed by atoms with Crippen molar-refractivity contribution >= 4 is 17.5 Å². The van der Waals surface area contributed by atoms with Gasteiger partial charge in [-0.3, -0.25) is 5.32 Å². The average molecular weight is 290 g/mol. The molecule has 21 heavy (non-hydrogen) atoms. The van der Waals surface area contributed by atoms with E-state index in [1.807, 2.05) is 12.1 Å². The van der Waals surface area contributed by atoms with Gasteiger partial charge in [0.15, 0.2) is 0 Å². The lowest BCUT2D eigenvalue weighted by molar-refractivity contribution is 0.244. The summed E-state index contributed by atoms with van der Waals surface area (Å²) in [5, 5.41) is 9.14. The summed E-state index contributed by atoms with van der Waals surface area (Å²) in [6.07, 6.45) is 7.59. The summed E-state index contributed by atoms with van der Waals surface area (Å²) >= 11 is 0. The normalized spacial score (nSPS) is 16.3. The van der Waals surface area contributed by atoms with Crippen molar-refractivity contribution in [2.75, 3.05) is 10.6 Å². The SMILES string of the molecule is CC(C)(C)Nc1ccc(NC(=O)NC2CCCCC2)nc1. The molecule has 0 atom stereocenters. The molecular weight excluding hydrogens is 264 g/mol. The minimum Gasteiger partial charge on any atom is -0.379 e. The van der Waals surface area contributed by atoms with Gasteiger partial charge in [0.2, 0.25) is 0 Å². The molecule has 5 nitrogen and oxygen atoms in total. The Balaban J connectivity index is 1.83. The van der Waals surface area contributed by atoms with Crippen LogP contribution in [0.3, 0.4) is 0 Å². The number of nitrogens with zero attached hydrogens (tertiary/aromatic N) is 1. The van der Waals surface area contributed by atoms with Crippen LogP contribution < -0.4 is 16.0 Å². The fourth-order valence-corrected chi connectivity index (χ4v) is 2.56. The third-order valence-corrected chi connectivity index (χ3v) is 3.46. The van der Waals surface area contributed by atoms with Gasteiger partial charge in [0.25, 0.3) is 0 Å². The molecule has 1 fully saturated rings. The number of carbonyl (C=O) groups excluding carboxylic acids is 1. The van der Waals surface area contributed by atoms with E-state index in [0.29, 0.717) is 11.9 Å². The molecule has 1 aromatic heterocycles. The summed E-state index contributed by atoms with van der Waals surface area (Å²) in [5.74, 6) is 0.572. The number of hydrogen-bond acceptors (Lipinski definition) is 3. The predicted octanol–water partition coefficient (Wildman–Crippen LogP) is 3.75. The van der Waals surface area contributed by atoms with Gasteiger partial charge in [-0.25, -0.2) is 9.78 Å². The van der Waals surface area contributed by atoms with Crippen LogP contribution in [0.4, 0.5) is 16.3 Å². The van der Waals surface area contributed by atoms with Crippen LogP contribution in [0.15, 0.2) is 18.3 Å². The Bertz CT molecular complexity index is 458. The summed E-state index contributed by atoms with van der Waals surface area (Å²) in [6.45, 7) is 6.28. The summed E-state index contributed by atoms with van der Waals surface area (Å²) in [7, 11) is 0. The largest absolute Gasteiger partial charge is 0.379 e. The van der Waals surface area contributed by atoms with Crippen molar-refractivity contribution < 1.29 is 4.79 Å². The third kappa shape index (κ3) is 5.61. The topological polar surface area (TPSA) is 66.0 Å². The standard InChI is InChI=1S/C16H26N4O/c1-16(2,3)20-13-9-10-14(17-11-13)19-15(21)18-12-7-5-4-6-8-12/h9-12,20H,4-8H2,1-3H3,(H2,17,18,19,21). The first kappa shape index (κ1) is 15.6. The van der Waals surface area contributed by atoms with Crippen molar-refractivity contribution in [2.24, 2.45) is 0 Å². The van der Waals surface area contributed by atoms with E-state index in [2.05, 4.69) is 41.7 Å². The van der Waals surface area contributed by atoms with Gasteiger partial charge < -0.3 is 10.6 Å². The van der Waals surface area contributed by atoms with Gasteiger partial charge in [-0.2, -0.15) is 0 Å². The van der Waals surface area contributed by atoms with E-state index in [4.69, 9.17) is 0 Å². The number of pyridine rings is 1. The lowest BCUT2D eigenvalue weighted by Gasteiger charge is -2.23. The van der Waals surface area contributed by atoms with Crippen LogP contribution in [0.5, 0.6) is 0 Å². The second kappa shape index (κ2) is 6.78. The molecule has 5 heteroatoms. The van der Waals surface area contributed by atoms with Gasteiger partial charge in [0.05, 0.1) is 11.9 Å². The fraction of sp³-hybridized carbons (Fsp3) is 0.625. The van der Waals surface area contributed by atoms with E-state index in [0.717, 1.165) is 18.5 Å². The average Bonchev–Trinajstić information content (AvgIpc) is 2.40. The minimum absolute atomic E-state index is 0.00498. The Morgan fingerprint density at radius 3 is 2.48 bits per heavy atom. The maximum absolute atomic E-state index is 11.9. The van der Waals surface area contributed by atoms with Crippen LogP contribution in [-0.2, 0) is 0 Å². The lowest BCUT2D eigenvalue weighted by Crippen LogP contribution is -2.39. The van der Waals surface area contributed by atoms with Gasteiger partial charge in [-0.1, -0.05) is 19.3 Å². The Hall–Kier alpha value is -1.78. The third-order valence-electron chi connectivity index (χ3n) is 3.46. The molecule has 2 amide bonds. The number of aromatic nitrogens is 1. The summed E-state index contributed by atoms with van der Waals surface area (Å²) < 4.78 is 0. The van der Waals surface area contributed by atoms with Gasteiger partial charge in [-0.05, 0) is 45.7 Å². The highest BCUT2D eigenvalue weighted by Gasteiger charge is 2.16. The molecule has 0 aromatic carbocycles. The monoisotopic (exact) mass is 290 g/mol. The van der Waals surface area contributed by atoms with E-state index < -0.39 is 0 Å². The number of anilines is 2. The maximum atomic E-state index is 11.9. The van der Waals surface area contributed by atoms with Crippen molar-refractivity contribution in [2.45, 2.75) is 64.5 Å². The molecule has 1 aliphatic rings. The molecule has 116 valence electrons. The van der Waals surface area contributed by atoms with E-state index >= 15 is 0 Å². The first-order valence-electron chi connectivity index (χ1n) is 7.74. The highest BCUT2D eigenvalue weighted by atomic mass is 16.2. The number of amides is 2. The first-order valence-corrected chi connectivity index (χ1v) is 7.74. The zero-order chi connectivity index (χ0) is 15.3. The Morgan fingerprint density at radius 2 is 1.90 bits per heavy atom. The molecule has 0 bridgehead atoms. The fourth-order valence-electron chi connectivity index (χ4n) is 2.56. The molecule has 1 heterocycles. The summed E-state index contributed by atoms with van der Waals surface area (Å²) in [6, 6.07) is 3.88. The van der Waals surface area contributed by atoms with Gasteiger partial charge in [-0.15, -0.1) is 0 Å². The number of hydrogen-bond donors (Lipinski definition) is 3. The van der Waals surface area contributed by atoms with Crippen LogP contribution in [-0.4, -0.2) is 22.6 Å². The van der Waals surface area contributed by atoms with Crippen LogP contribution in [0, 0.1) is 0 Å². The molecule has 3 N–H and O–H groups in total. The highest BCUT2D eigenvalue weighted by molar-refractivity contribution is 5.88. The smallest absolute Gasteiger partial charge is 0.320 e. The first-order chi connectivity index (χ1) is 9.92. The van der Waals surface area contributed by atoms with Crippen LogP contribution >= 0.6 is 0 Å². The van der Waals surface area contributed by atoms with Gasteiger partial charge >= 0.3 is 6.03 Å². The molecule has 1 saturated carbocycles. The van der Waals surface area contributed by atoms with Crippen molar-refractivity contribution in [3.63, 3.8) is 0 Å². The number of rotatable bonds is 3. The van der Waals surface area contributed by atoms with Crippen molar-refractivity contribution in [1.82, 2.24) is 10.3 Å². The molecule has 2 rings (SSSR count). The van der Waals surface area contributed by atoms with Gasteiger partial charge in [0.1, 0.15) is 5.82 Å². The molecule has 0 spiro atoms. The van der Waals surface area contributed by atoms with Crippen molar-refractivity contribution in [3.05, 3.63) is 18.3 Å². The Morgan fingerprint density at radius 1 is 1.19 bits per heavy atom. The zero-order valence-electron chi connectivity index (χ0n) is 13.2. The molecule has 0 radical (unpaired) electrons. The quantitative estimate of drug-likeness (QED) is 0.794. The van der Waals surface area contributed by atoms with Crippen LogP contribution in [0.25, 0.3) is 0 Å². The lowest BCUT2D eigenvalue weighted by atomic mass is 9.96. The minimum atomic E-state index is -0.161. The van der Waals surface area contributed by atoms with Crippen molar-refractivity contribution in [3.8, 4) is 0 Å². The molecule has 0 aliphatic heterocycles.